The van der Waals surface area contributed by atoms with Crippen LogP contribution in [0.25, 0.3) is 0 Å². The first-order valence-corrected chi connectivity index (χ1v) is 7.80. The van der Waals surface area contributed by atoms with Gasteiger partial charge in [0.25, 0.3) is 0 Å². The zero-order valence-corrected chi connectivity index (χ0v) is 13.2. The van der Waals surface area contributed by atoms with Crippen molar-refractivity contribution in [2.24, 2.45) is 0 Å². The molecule has 0 saturated carbocycles. The molecule has 0 aliphatic rings. The molecule has 1 atom stereocenters. The third-order valence-electron chi connectivity index (χ3n) is 3.39. The summed E-state index contributed by atoms with van der Waals surface area (Å²) in [6, 6.07) is 6.88. The topological polar surface area (TPSA) is 30.5 Å². The van der Waals surface area contributed by atoms with Crippen LogP contribution in [0.3, 0.4) is 0 Å². The van der Waals surface area contributed by atoms with Gasteiger partial charge in [-0.1, -0.05) is 19.1 Å². The molecule has 1 N–H and O–H groups in total. The fourth-order valence-corrected chi connectivity index (χ4v) is 2.23. The van der Waals surface area contributed by atoms with E-state index in [1.165, 1.54) is 6.07 Å². The summed E-state index contributed by atoms with van der Waals surface area (Å²) in [4.78, 5) is 0. The Morgan fingerprint density at radius 1 is 1.24 bits per heavy atom. The van der Waals surface area contributed by atoms with Gasteiger partial charge in [-0.3, -0.25) is 0 Å². The maximum atomic E-state index is 13.4. The van der Waals surface area contributed by atoms with Crippen molar-refractivity contribution in [2.75, 3.05) is 40.0 Å². The first kappa shape index (κ1) is 18.1. The van der Waals surface area contributed by atoms with Crippen LogP contribution >= 0.6 is 0 Å². The highest BCUT2D eigenvalue weighted by Gasteiger charge is 2.12. The molecule has 1 aromatic carbocycles. The quantitative estimate of drug-likeness (QED) is 0.600. The predicted octanol–water partition coefficient (Wildman–Crippen LogP) is 3.35. The molecule has 4 heteroatoms. The molecule has 0 saturated heterocycles. The van der Waals surface area contributed by atoms with Crippen LogP contribution in [-0.2, 0) is 9.47 Å². The van der Waals surface area contributed by atoms with Gasteiger partial charge >= 0.3 is 0 Å². The summed E-state index contributed by atoms with van der Waals surface area (Å²) < 4.78 is 24.0. The SMILES string of the molecule is CCCNCC(CCOCCCOC)c1cccc(F)c1. The van der Waals surface area contributed by atoms with Gasteiger partial charge in [0.05, 0.1) is 0 Å². The van der Waals surface area contributed by atoms with Gasteiger partial charge in [-0.2, -0.15) is 0 Å². The van der Waals surface area contributed by atoms with E-state index in [0.29, 0.717) is 13.2 Å². The molecule has 0 radical (unpaired) electrons. The third-order valence-corrected chi connectivity index (χ3v) is 3.39. The van der Waals surface area contributed by atoms with Crippen molar-refractivity contribution in [3.63, 3.8) is 0 Å². The Bertz CT molecular complexity index is 374. The number of hydrogen-bond acceptors (Lipinski definition) is 3. The number of halogens is 1. The normalized spacial score (nSPS) is 12.5. The summed E-state index contributed by atoms with van der Waals surface area (Å²) in [5.41, 5.74) is 1.04. The Kier molecular flexibility index (Phi) is 10.0. The summed E-state index contributed by atoms with van der Waals surface area (Å²) in [5.74, 6) is 0.115. The second kappa shape index (κ2) is 11.7. The second-order valence-corrected chi connectivity index (χ2v) is 5.20. The van der Waals surface area contributed by atoms with E-state index in [9.17, 15) is 4.39 Å². The van der Waals surface area contributed by atoms with Gasteiger partial charge in [-0.15, -0.1) is 0 Å². The average Bonchev–Trinajstić information content (AvgIpc) is 2.49. The lowest BCUT2D eigenvalue weighted by atomic mass is 9.96. The zero-order chi connectivity index (χ0) is 15.3. The van der Waals surface area contributed by atoms with Gasteiger partial charge in [-0.05, 0) is 49.4 Å². The highest BCUT2D eigenvalue weighted by molar-refractivity contribution is 5.21. The van der Waals surface area contributed by atoms with Gasteiger partial charge < -0.3 is 14.8 Å². The lowest BCUT2D eigenvalue weighted by Crippen LogP contribution is -2.23. The largest absolute Gasteiger partial charge is 0.385 e. The number of hydrogen-bond donors (Lipinski definition) is 1. The minimum atomic E-state index is -0.172. The summed E-state index contributed by atoms with van der Waals surface area (Å²) in [6.45, 7) is 6.12. The molecule has 120 valence electrons. The van der Waals surface area contributed by atoms with E-state index in [1.54, 1.807) is 19.2 Å². The van der Waals surface area contributed by atoms with Crippen LogP contribution in [-0.4, -0.2) is 40.0 Å². The Hall–Kier alpha value is -0.970. The van der Waals surface area contributed by atoms with E-state index in [-0.39, 0.29) is 11.7 Å². The summed E-state index contributed by atoms with van der Waals surface area (Å²) in [7, 11) is 1.69. The van der Waals surface area contributed by atoms with E-state index < -0.39 is 0 Å². The van der Waals surface area contributed by atoms with Crippen LogP contribution in [0.2, 0.25) is 0 Å². The number of methoxy groups -OCH3 is 1. The minimum Gasteiger partial charge on any atom is -0.385 e. The second-order valence-electron chi connectivity index (χ2n) is 5.20. The summed E-state index contributed by atoms with van der Waals surface area (Å²) >= 11 is 0. The molecule has 0 aromatic heterocycles. The molecule has 0 aliphatic carbocycles. The fraction of sp³-hybridized carbons (Fsp3) is 0.647. The standard InChI is InChI=1S/C17H28FNO2/c1-3-9-19-14-16(8-12-21-11-5-10-20-2)15-6-4-7-17(18)13-15/h4,6-7,13,16,19H,3,5,8-12,14H2,1-2H3. The predicted molar refractivity (Wildman–Crippen MR) is 84.2 cm³/mol. The molecule has 3 nitrogen and oxygen atoms in total. The smallest absolute Gasteiger partial charge is 0.123 e. The number of ether oxygens (including phenoxy) is 2. The van der Waals surface area contributed by atoms with Crippen molar-refractivity contribution < 1.29 is 13.9 Å². The zero-order valence-electron chi connectivity index (χ0n) is 13.2. The van der Waals surface area contributed by atoms with Crippen LogP contribution in [0.5, 0.6) is 0 Å². The molecule has 0 amide bonds. The summed E-state index contributed by atoms with van der Waals surface area (Å²) in [6.07, 6.45) is 2.91. The minimum absolute atomic E-state index is 0.172. The average molecular weight is 297 g/mol. The van der Waals surface area contributed by atoms with Crippen LogP contribution in [0, 0.1) is 5.82 Å². The van der Waals surface area contributed by atoms with Crippen molar-refractivity contribution in [1.29, 1.82) is 0 Å². The maximum Gasteiger partial charge on any atom is 0.123 e. The Morgan fingerprint density at radius 3 is 2.81 bits per heavy atom. The van der Waals surface area contributed by atoms with Gasteiger partial charge in [0, 0.05) is 33.5 Å². The van der Waals surface area contributed by atoms with E-state index in [4.69, 9.17) is 9.47 Å². The molecule has 0 heterocycles. The van der Waals surface area contributed by atoms with Crippen molar-refractivity contribution >= 4 is 0 Å². The monoisotopic (exact) mass is 297 g/mol. The highest BCUT2D eigenvalue weighted by Crippen LogP contribution is 2.20. The van der Waals surface area contributed by atoms with Crippen LogP contribution < -0.4 is 5.32 Å². The Balaban J connectivity index is 2.41. The lowest BCUT2D eigenvalue weighted by Gasteiger charge is -2.18. The van der Waals surface area contributed by atoms with Crippen molar-refractivity contribution in [3.8, 4) is 0 Å². The molecule has 1 unspecified atom stereocenters. The maximum absolute atomic E-state index is 13.4. The van der Waals surface area contributed by atoms with Crippen molar-refractivity contribution in [2.45, 2.75) is 32.1 Å². The van der Waals surface area contributed by atoms with E-state index >= 15 is 0 Å². The van der Waals surface area contributed by atoms with Gasteiger partial charge in [-0.25, -0.2) is 4.39 Å². The Morgan fingerprint density at radius 2 is 2.10 bits per heavy atom. The number of nitrogens with one attached hydrogen (secondary N) is 1. The van der Waals surface area contributed by atoms with Crippen LogP contribution in [0.4, 0.5) is 4.39 Å². The van der Waals surface area contributed by atoms with Gasteiger partial charge in [0.1, 0.15) is 5.82 Å². The van der Waals surface area contributed by atoms with Crippen LogP contribution in [0.1, 0.15) is 37.7 Å². The van der Waals surface area contributed by atoms with E-state index in [1.807, 2.05) is 6.07 Å². The number of benzene rings is 1. The first-order valence-electron chi connectivity index (χ1n) is 7.80. The molecule has 0 bridgehead atoms. The van der Waals surface area contributed by atoms with Crippen molar-refractivity contribution in [1.82, 2.24) is 5.32 Å². The van der Waals surface area contributed by atoms with Gasteiger partial charge in [0.15, 0.2) is 0 Å². The fourth-order valence-electron chi connectivity index (χ4n) is 2.23. The molecule has 1 aromatic rings. The molecule has 1 rings (SSSR count). The first-order chi connectivity index (χ1) is 10.3. The third kappa shape index (κ3) is 8.15. The lowest BCUT2D eigenvalue weighted by molar-refractivity contribution is 0.0980. The molecule has 0 aliphatic heterocycles. The molecule has 21 heavy (non-hydrogen) atoms. The molecular formula is C17H28FNO2. The molecule has 0 spiro atoms. The molecular weight excluding hydrogens is 269 g/mol. The Labute approximate surface area is 127 Å². The van der Waals surface area contributed by atoms with E-state index in [2.05, 4.69) is 12.2 Å². The van der Waals surface area contributed by atoms with E-state index in [0.717, 1.165) is 44.5 Å². The summed E-state index contributed by atoms with van der Waals surface area (Å²) in [5, 5.41) is 3.42. The molecule has 0 fully saturated rings. The van der Waals surface area contributed by atoms with Crippen molar-refractivity contribution in [3.05, 3.63) is 35.6 Å². The van der Waals surface area contributed by atoms with Gasteiger partial charge in [0.2, 0.25) is 0 Å². The number of rotatable bonds is 12. The highest BCUT2D eigenvalue weighted by atomic mass is 19.1. The van der Waals surface area contributed by atoms with Crippen LogP contribution in [0.15, 0.2) is 24.3 Å².